The van der Waals surface area contributed by atoms with Gasteiger partial charge >= 0.3 is 5.97 Å². The summed E-state index contributed by atoms with van der Waals surface area (Å²) >= 11 is 1.51. The first-order valence-electron chi connectivity index (χ1n) is 19.7. The molecule has 1 N–H and O–H groups in total. The molecule has 8 rings (SSSR count). The molecule has 0 spiro atoms. The fraction of sp³-hybridized carbons (Fsp3) is 0.650. The van der Waals surface area contributed by atoms with E-state index in [0.717, 1.165) is 66.2 Å². The molecule has 4 fully saturated rings. The fourth-order valence-corrected chi connectivity index (χ4v) is 11.9. The van der Waals surface area contributed by atoms with Crippen LogP contribution >= 0.6 is 11.3 Å². The molecule has 1 aromatic heterocycles. The standard InChI is InChI=1S/C40H50F2N2O8S2/c41-29-13-25(14-30(42)19-29)12-26(18-38(46)52-39-28-16-32-31(39)8-11-50-40(32)51-23-28)34(45)21-44-9-4-2-1-3-5-10-49-22-27-17-33-35(20-36(27)54(44,47)48)53-37(43-33)15-24-6-7-24/h13-14,17,19-20,24,26,28,31-32,34,39-40,45H,1-12,15-16,18,21-23H2/t26-,28?,31?,32?,34-,39-,40?/m1/s1. The van der Waals surface area contributed by atoms with Crippen LogP contribution in [0.5, 0.6) is 0 Å². The smallest absolute Gasteiger partial charge is 0.306 e. The zero-order valence-electron chi connectivity index (χ0n) is 30.5. The number of rotatable bonds is 10. The Bertz CT molecular complexity index is 1900. The Kier molecular flexibility index (Phi) is 11.7. The van der Waals surface area contributed by atoms with Crippen molar-refractivity contribution in [3.05, 3.63) is 58.1 Å². The van der Waals surface area contributed by atoms with E-state index in [1.165, 1.54) is 40.6 Å². The number of carbonyl (C=O) groups is 1. The van der Waals surface area contributed by atoms with Crippen LogP contribution in [0.2, 0.25) is 0 Å². The summed E-state index contributed by atoms with van der Waals surface area (Å²) in [5, 5.41) is 13.0. The summed E-state index contributed by atoms with van der Waals surface area (Å²) in [5.74, 6) is -2.05. The first kappa shape index (κ1) is 38.3. The van der Waals surface area contributed by atoms with Crippen LogP contribution in [0.3, 0.4) is 0 Å². The van der Waals surface area contributed by atoms with Crippen LogP contribution in [-0.2, 0) is 53.2 Å². The number of carbonyl (C=O) groups excluding carboxylic acids is 1. The van der Waals surface area contributed by atoms with Crippen molar-refractivity contribution in [2.75, 3.05) is 32.9 Å². The molecule has 14 heteroatoms. The van der Waals surface area contributed by atoms with Crippen molar-refractivity contribution < 1.29 is 46.0 Å². The number of halogens is 2. The van der Waals surface area contributed by atoms with Gasteiger partial charge in [-0.1, -0.05) is 19.3 Å². The lowest BCUT2D eigenvalue weighted by Gasteiger charge is -2.34. The Morgan fingerprint density at radius 1 is 1.00 bits per heavy atom. The number of ether oxygens (including phenoxy) is 4. The van der Waals surface area contributed by atoms with E-state index in [4.69, 9.17) is 23.9 Å². The molecule has 2 saturated carbocycles. The summed E-state index contributed by atoms with van der Waals surface area (Å²) in [6.45, 7) is 1.43. The highest BCUT2D eigenvalue weighted by Crippen LogP contribution is 2.49. The van der Waals surface area contributed by atoms with Crippen LogP contribution in [0.1, 0.15) is 80.3 Å². The van der Waals surface area contributed by atoms with E-state index in [0.29, 0.717) is 37.7 Å². The number of aliphatic hydroxyl groups is 1. The number of sulfonamides is 1. The summed E-state index contributed by atoms with van der Waals surface area (Å²) in [4.78, 5) is 18.7. The van der Waals surface area contributed by atoms with Crippen LogP contribution in [0.15, 0.2) is 35.2 Å². The van der Waals surface area contributed by atoms with Crippen molar-refractivity contribution in [2.24, 2.45) is 29.6 Å². The monoisotopic (exact) mass is 788 g/mol. The molecule has 4 unspecified atom stereocenters. The van der Waals surface area contributed by atoms with Crippen LogP contribution in [0.25, 0.3) is 10.2 Å². The van der Waals surface area contributed by atoms with E-state index in [1.807, 2.05) is 6.07 Å². The maximum absolute atomic E-state index is 14.8. The number of aromatic nitrogens is 1. The number of hydrogen-bond donors (Lipinski definition) is 1. The van der Waals surface area contributed by atoms with Gasteiger partial charge in [-0.25, -0.2) is 22.2 Å². The minimum absolute atomic E-state index is 0.0399. The first-order valence-corrected chi connectivity index (χ1v) is 21.9. The molecule has 2 aliphatic carbocycles. The van der Waals surface area contributed by atoms with E-state index >= 15 is 0 Å². The van der Waals surface area contributed by atoms with Crippen LogP contribution < -0.4 is 0 Å². The van der Waals surface area contributed by atoms with Crippen LogP contribution in [0, 0.1) is 41.2 Å². The van der Waals surface area contributed by atoms with Gasteiger partial charge in [0.15, 0.2) is 6.29 Å². The molecule has 2 bridgehead atoms. The van der Waals surface area contributed by atoms with Crippen molar-refractivity contribution in [3.8, 4) is 0 Å². The third kappa shape index (κ3) is 8.69. The molecular formula is C40H50F2N2O8S2. The predicted octanol–water partition coefficient (Wildman–Crippen LogP) is 6.55. The molecule has 3 aliphatic heterocycles. The number of fused-ring (bicyclic) bond motifs is 3. The summed E-state index contributed by atoms with van der Waals surface area (Å²) in [7, 11) is -4.19. The largest absolute Gasteiger partial charge is 0.462 e. The molecule has 5 aliphatic rings. The Labute approximate surface area is 319 Å². The maximum atomic E-state index is 14.8. The number of β-amino-alcohol motifs (C(OH)–C–C–N with tert-alkyl or cyclic N) is 1. The third-order valence-electron chi connectivity index (χ3n) is 12.0. The topological polar surface area (TPSA) is 124 Å². The summed E-state index contributed by atoms with van der Waals surface area (Å²) in [6.07, 6.45) is 6.65. The minimum Gasteiger partial charge on any atom is -0.462 e. The van der Waals surface area contributed by atoms with Crippen molar-refractivity contribution in [1.29, 1.82) is 0 Å². The molecule has 2 aromatic carbocycles. The lowest BCUT2D eigenvalue weighted by atomic mass is 9.89. The van der Waals surface area contributed by atoms with E-state index in [2.05, 4.69) is 0 Å². The molecule has 54 heavy (non-hydrogen) atoms. The lowest BCUT2D eigenvalue weighted by molar-refractivity contribution is -0.215. The number of hydrogen-bond acceptors (Lipinski definition) is 10. The minimum atomic E-state index is -4.19. The zero-order valence-corrected chi connectivity index (χ0v) is 32.1. The van der Waals surface area contributed by atoms with Gasteiger partial charge in [-0.3, -0.25) is 4.79 Å². The second-order valence-corrected chi connectivity index (χ2v) is 19.0. The van der Waals surface area contributed by atoms with Gasteiger partial charge in [-0.2, -0.15) is 4.31 Å². The van der Waals surface area contributed by atoms with Gasteiger partial charge in [0.25, 0.3) is 0 Å². The van der Waals surface area contributed by atoms with Crippen molar-refractivity contribution in [3.63, 3.8) is 0 Å². The normalized spacial score (nSPS) is 28.7. The summed E-state index contributed by atoms with van der Waals surface area (Å²) in [6, 6.07) is 6.65. The average molecular weight is 789 g/mol. The van der Waals surface area contributed by atoms with E-state index in [9.17, 15) is 27.1 Å². The van der Waals surface area contributed by atoms with E-state index < -0.39 is 39.6 Å². The molecule has 7 atom stereocenters. The van der Waals surface area contributed by atoms with Crippen LogP contribution in [-0.4, -0.2) is 80.2 Å². The van der Waals surface area contributed by atoms with Gasteiger partial charge in [0.1, 0.15) is 17.7 Å². The van der Waals surface area contributed by atoms with Gasteiger partial charge in [0.2, 0.25) is 10.0 Å². The molecule has 0 radical (unpaired) electrons. The maximum Gasteiger partial charge on any atom is 0.306 e. The van der Waals surface area contributed by atoms with E-state index in [1.54, 1.807) is 6.07 Å². The Hall–Kier alpha value is -2.59. The predicted molar refractivity (Wildman–Crippen MR) is 197 cm³/mol. The highest BCUT2D eigenvalue weighted by atomic mass is 32.2. The van der Waals surface area contributed by atoms with Gasteiger partial charge in [-0.15, -0.1) is 11.3 Å². The molecule has 2 saturated heterocycles. The SMILES string of the molecule is O=C(C[C@@H](Cc1cc(F)cc(F)c1)[C@H](O)CN1CCCCCCCOCc2cc3nc(CC4CC4)sc3cc2S1(=O)=O)O[C@@H]1C2COC3OCCC1C3C2. The number of benzene rings is 2. The van der Waals surface area contributed by atoms with Crippen molar-refractivity contribution in [1.82, 2.24) is 9.29 Å². The Morgan fingerprint density at radius 3 is 2.61 bits per heavy atom. The lowest BCUT2D eigenvalue weighted by Crippen LogP contribution is -2.42. The molecule has 0 amide bonds. The highest BCUT2D eigenvalue weighted by molar-refractivity contribution is 7.89. The van der Waals surface area contributed by atoms with Crippen LogP contribution in [0.4, 0.5) is 8.78 Å². The molecular weight excluding hydrogens is 739 g/mol. The van der Waals surface area contributed by atoms with Gasteiger partial charge < -0.3 is 24.1 Å². The highest BCUT2D eigenvalue weighted by Gasteiger charge is 2.54. The average Bonchev–Trinajstić information content (AvgIpc) is 3.77. The number of thiazole rings is 1. The summed E-state index contributed by atoms with van der Waals surface area (Å²) in [5.41, 5.74) is 1.52. The molecule has 294 valence electrons. The fourth-order valence-electron chi connectivity index (χ4n) is 8.98. The van der Waals surface area contributed by atoms with Gasteiger partial charge in [0.05, 0.1) is 52.5 Å². The van der Waals surface area contributed by atoms with Gasteiger partial charge in [0, 0.05) is 55.9 Å². The third-order valence-corrected chi connectivity index (χ3v) is 15.0. The quantitative estimate of drug-likeness (QED) is 0.228. The van der Waals surface area contributed by atoms with Gasteiger partial charge in [-0.05, 0) is 86.3 Å². The number of aliphatic hydroxyl groups excluding tert-OH is 1. The van der Waals surface area contributed by atoms with Crippen molar-refractivity contribution in [2.45, 2.75) is 107 Å². The van der Waals surface area contributed by atoms with E-state index in [-0.39, 0.29) is 73.1 Å². The Balaban J connectivity index is 1.07. The van der Waals surface area contributed by atoms with Crippen molar-refractivity contribution >= 4 is 37.5 Å². The number of esters is 1. The second kappa shape index (κ2) is 16.5. The first-order chi connectivity index (χ1) is 26.1. The summed E-state index contributed by atoms with van der Waals surface area (Å²) < 4.78 is 84.2. The second-order valence-electron chi connectivity index (χ2n) is 16.0. The molecule has 3 aromatic rings. The Morgan fingerprint density at radius 2 is 1.80 bits per heavy atom. The molecule has 4 heterocycles. The zero-order chi connectivity index (χ0) is 37.4. The molecule has 10 nitrogen and oxygen atoms in total. The number of nitrogens with zero attached hydrogens (tertiary/aromatic N) is 2.